The fourth-order valence-corrected chi connectivity index (χ4v) is 6.03. The standard InChI is InChI=1S/C15H15N9O5S3.Na/c1-23-15(19-21-22-23)32-3-5-2-30-12-8(11(26)24(12)9(5)13(27)28)18-10(25)7(20-29)6-4-31-14(16)17-6;/h4,8,12,29H,2-3H2,1H3,(H2,16,17)(H,18,25)(H,27,28);/q;+1/p-1/t8?,12-;/m0./s1. The molecule has 0 aliphatic carbocycles. The van der Waals surface area contributed by atoms with Crippen LogP contribution in [0, 0.1) is 5.41 Å². The molecule has 0 saturated carbocycles. The van der Waals surface area contributed by atoms with Gasteiger partial charge in [0.2, 0.25) is 5.16 Å². The largest absolute Gasteiger partial charge is 1.00 e. The molecule has 33 heavy (non-hydrogen) atoms. The molecule has 18 heteroatoms. The van der Waals surface area contributed by atoms with E-state index in [4.69, 9.17) is 5.41 Å². The van der Waals surface area contributed by atoms with E-state index < -0.39 is 34.9 Å². The number of nitrogens with zero attached hydrogens (tertiary/aromatic N) is 6. The van der Waals surface area contributed by atoms with Crippen molar-refractivity contribution in [2.75, 3.05) is 11.5 Å². The number of carbonyl (C=O) groups is 3. The summed E-state index contributed by atoms with van der Waals surface area (Å²) in [5, 5.41) is 46.2. The number of nitrogens with one attached hydrogen (secondary N) is 3. The Bertz CT molecular complexity index is 1220. The van der Waals surface area contributed by atoms with Crippen LogP contribution in [0.25, 0.3) is 0 Å². The number of oxime groups is 1. The maximum Gasteiger partial charge on any atom is 1.00 e. The zero-order valence-corrected chi connectivity index (χ0v) is 21.6. The minimum Gasteiger partial charge on any atom is -0.543 e. The van der Waals surface area contributed by atoms with E-state index >= 15 is 0 Å². The van der Waals surface area contributed by atoms with E-state index in [0.29, 0.717) is 16.5 Å². The van der Waals surface area contributed by atoms with Gasteiger partial charge in [-0.2, -0.15) is 0 Å². The van der Waals surface area contributed by atoms with Crippen molar-refractivity contribution < 1.29 is 54.3 Å². The van der Waals surface area contributed by atoms with Crippen molar-refractivity contribution in [2.45, 2.75) is 16.6 Å². The molecule has 4 heterocycles. The summed E-state index contributed by atoms with van der Waals surface area (Å²) in [7, 11) is 1.65. The molecule has 14 nitrogen and oxygen atoms in total. The molecule has 2 aromatic rings. The molecule has 2 aliphatic heterocycles. The Hall–Kier alpha value is -2.18. The van der Waals surface area contributed by atoms with Gasteiger partial charge in [-0.3, -0.25) is 19.9 Å². The average Bonchev–Trinajstić information content (AvgIpc) is 3.37. The van der Waals surface area contributed by atoms with E-state index in [9.17, 15) is 24.7 Å². The summed E-state index contributed by atoms with van der Waals surface area (Å²) in [4.78, 5) is 40.8. The predicted molar refractivity (Wildman–Crippen MR) is 109 cm³/mol. The fraction of sp³-hybridized carbons (Fsp3) is 0.333. The zero-order chi connectivity index (χ0) is 23.0. The first-order valence-electron chi connectivity index (χ1n) is 8.80. The number of hydrogen-bond acceptors (Lipinski definition) is 13. The number of hydrogen-bond donors (Lipinski definition) is 4. The third kappa shape index (κ3) is 4.87. The van der Waals surface area contributed by atoms with Crippen LogP contribution >= 0.6 is 34.9 Å². The molecule has 4 rings (SSSR count). The number of aryl methyl sites for hydroxylation is 1. The van der Waals surface area contributed by atoms with Crippen molar-refractivity contribution in [1.82, 2.24) is 35.4 Å². The first-order valence-corrected chi connectivity index (χ1v) is 11.7. The van der Waals surface area contributed by atoms with Gasteiger partial charge in [0.25, 0.3) is 11.8 Å². The minimum absolute atomic E-state index is 0. The zero-order valence-electron chi connectivity index (χ0n) is 17.1. The number of H-pyrrole nitrogens is 1. The number of rotatable bonds is 7. The second kappa shape index (κ2) is 10.4. The maximum absolute atomic E-state index is 12.7. The summed E-state index contributed by atoms with van der Waals surface area (Å²) >= 11 is 3.51. The number of amides is 2. The molecule has 1 fully saturated rings. The Morgan fingerprint density at radius 3 is 2.85 bits per heavy atom. The van der Waals surface area contributed by atoms with Crippen LogP contribution in [-0.4, -0.2) is 81.7 Å². The van der Waals surface area contributed by atoms with Crippen LogP contribution in [0.4, 0.5) is 0 Å². The molecule has 1 saturated heterocycles. The SMILES string of the molecule is Cn1nnnc1SCC1=C(C(=O)[O-])N2C(=O)C(NC(=O)C(=NO)c3csc(=N)[nH]3)[C@@H]2SC1.[Na+]. The summed E-state index contributed by atoms with van der Waals surface area (Å²) in [6, 6.07) is -1.01. The quantitative estimate of drug-likeness (QED) is 0.0681. The Morgan fingerprint density at radius 1 is 1.52 bits per heavy atom. The van der Waals surface area contributed by atoms with Gasteiger partial charge in [-0.1, -0.05) is 16.9 Å². The molecule has 2 aliphatic rings. The monoisotopic (exact) mass is 519 g/mol. The summed E-state index contributed by atoms with van der Waals surface area (Å²) in [5.74, 6) is -2.42. The number of fused-ring (bicyclic) bond motifs is 1. The molecular formula is C15H14N9NaO5S3. The minimum atomic E-state index is -1.49. The molecule has 4 N–H and O–H groups in total. The van der Waals surface area contributed by atoms with E-state index in [2.05, 4.69) is 31.0 Å². The number of thiazole rings is 1. The number of tetrazole rings is 1. The third-order valence-corrected chi connectivity index (χ3v) is 7.72. The molecular weight excluding hydrogens is 505 g/mol. The van der Waals surface area contributed by atoms with Crippen LogP contribution in [0.5, 0.6) is 0 Å². The van der Waals surface area contributed by atoms with Crippen molar-refractivity contribution >= 4 is 58.4 Å². The first kappa shape index (κ1) is 25.4. The van der Waals surface area contributed by atoms with Crippen molar-refractivity contribution in [3.8, 4) is 0 Å². The molecule has 1 unspecified atom stereocenters. The number of aliphatic carboxylic acids is 1. The smallest absolute Gasteiger partial charge is 0.543 e. The Kier molecular flexibility index (Phi) is 8.01. The topological polar surface area (TPSA) is 205 Å². The van der Waals surface area contributed by atoms with Gasteiger partial charge in [0.05, 0.1) is 17.4 Å². The van der Waals surface area contributed by atoms with Crippen LogP contribution < -0.4 is 44.8 Å². The van der Waals surface area contributed by atoms with Gasteiger partial charge in [0.15, 0.2) is 10.5 Å². The Morgan fingerprint density at radius 2 is 2.27 bits per heavy atom. The number of β-lactam (4-membered cyclic amide) rings is 1. The normalized spacial score (nSPS) is 20.1. The second-order valence-corrected chi connectivity index (χ2v) is 9.45. The van der Waals surface area contributed by atoms with E-state index in [0.717, 1.165) is 16.2 Å². The Labute approximate surface area is 219 Å². The summed E-state index contributed by atoms with van der Waals surface area (Å²) in [6.45, 7) is 0. The van der Waals surface area contributed by atoms with E-state index in [1.165, 1.54) is 33.6 Å². The molecule has 2 aromatic heterocycles. The van der Waals surface area contributed by atoms with Gasteiger partial charge >= 0.3 is 29.6 Å². The molecule has 0 radical (unpaired) electrons. The van der Waals surface area contributed by atoms with Gasteiger partial charge < -0.3 is 25.4 Å². The Balaban J connectivity index is 0.00000306. The van der Waals surface area contributed by atoms with E-state index in [1.54, 1.807) is 7.05 Å². The number of carboxylic acid groups (broad SMARTS) is 1. The molecule has 2 amide bonds. The third-order valence-electron chi connectivity index (χ3n) is 4.60. The number of aromatic amines is 1. The number of carboxylic acids is 1. The molecule has 0 bridgehead atoms. The molecule has 2 atom stereocenters. The van der Waals surface area contributed by atoms with E-state index in [1.807, 2.05) is 0 Å². The van der Waals surface area contributed by atoms with Crippen LogP contribution in [0.3, 0.4) is 0 Å². The maximum atomic E-state index is 12.7. The average molecular weight is 520 g/mol. The van der Waals surface area contributed by atoms with E-state index in [-0.39, 0.29) is 51.5 Å². The van der Waals surface area contributed by atoms with Crippen molar-refractivity contribution in [3.63, 3.8) is 0 Å². The van der Waals surface area contributed by atoms with Gasteiger partial charge in [-0.25, -0.2) is 4.68 Å². The van der Waals surface area contributed by atoms with Gasteiger partial charge in [0.1, 0.15) is 11.4 Å². The van der Waals surface area contributed by atoms with Crippen molar-refractivity contribution in [2.24, 2.45) is 12.2 Å². The molecule has 0 aromatic carbocycles. The first-order chi connectivity index (χ1) is 15.3. The summed E-state index contributed by atoms with van der Waals surface area (Å²) < 4.78 is 1.44. The number of aromatic nitrogens is 5. The number of thioether (sulfide) groups is 2. The van der Waals surface area contributed by atoms with Gasteiger partial charge in [0, 0.05) is 23.9 Å². The summed E-state index contributed by atoms with van der Waals surface area (Å²) in [6.07, 6.45) is 0. The van der Waals surface area contributed by atoms with Crippen LogP contribution in [-0.2, 0) is 21.4 Å². The summed E-state index contributed by atoms with van der Waals surface area (Å²) in [5.41, 5.74) is -0.0246. The van der Waals surface area contributed by atoms with Crippen molar-refractivity contribution in [1.29, 1.82) is 5.41 Å². The predicted octanol–water partition coefficient (Wildman–Crippen LogP) is -5.54. The van der Waals surface area contributed by atoms with Gasteiger partial charge in [-0.05, 0) is 16.0 Å². The van der Waals surface area contributed by atoms with Crippen LogP contribution in [0.1, 0.15) is 5.69 Å². The van der Waals surface area contributed by atoms with Gasteiger partial charge in [-0.15, -0.1) is 28.2 Å². The number of carbonyl (C=O) groups excluding carboxylic acids is 3. The second-order valence-electron chi connectivity index (χ2n) is 6.53. The van der Waals surface area contributed by atoms with Crippen LogP contribution in [0.2, 0.25) is 0 Å². The fourth-order valence-electron chi connectivity index (χ4n) is 3.12. The van der Waals surface area contributed by atoms with Crippen molar-refractivity contribution in [3.05, 3.63) is 27.1 Å². The molecule has 0 spiro atoms. The van der Waals surface area contributed by atoms with Crippen LogP contribution in [0.15, 0.2) is 27.0 Å². The molecule has 168 valence electrons.